The quantitative estimate of drug-likeness (QED) is 0.211. The molecule has 1 unspecified atom stereocenters. The number of aryl methyl sites for hydroxylation is 1. The molecule has 6 amide bonds. The second kappa shape index (κ2) is 13.2. The Morgan fingerprint density at radius 2 is 1.87 bits per heavy atom. The number of urea groups is 2. The van der Waals surface area contributed by atoms with E-state index in [4.69, 9.17) is 4.74 Å². The molecule has 0 bridgehead atoms. The minimum Gasteiger partial charge on any atom is -0.477 e. The van der Waals surface area contributed by atoms with Crippen molar-refractivity contribution in [3.8, 4) is 0 Å². The number of carbonyl (C=O) groups is 6. The summed E-state index contributed by atoms with van der Waals surface area (Å²) in [5.41, 5.74) is 2.20. The number of rotatable bonds is 9. The molecule has 2 fully saturated rings. The number of benzene rings is 2. The van der Waals surface area contributed by atoms with Gasteiger partial charge >= 0.3 is 24.0 Å². The van der Waals surface area contributed by atoms with Crippen molar-refractivity contribution in [2.75, 3.05) is 25.4 Å². The number of nitrogens with zero attached hydrogens (tertiary/aromatic N) is 4. The van der Waals surface area contributed by atoms with E-state index < -0.39 is 53.3 Å². The van der Waals surface area contributed by atoms with Gasteiger partial charge in [0.05, 0.1) is 19.3 Å². The lowest BCUT2D eigenvalue weighted by molar-refractivity contribution is -0.151. The Labute approximate surface area is 262 Å². The molecule has 3 N–H and O–H groups in total. The van der Waals surface area contributed by atoms with Crippen molar-refractivity contribution >= 4 is 53.8 Å². The van der Waals surface area contributed by atoms with Crippen LogP contribution in [0.4, 0.5) is 9.59 Å². The Bertz CT molecular complexity index is 1610. The third-order valence-corrected chi connectivity index (χ3v) is 8.62. The largest absolute Gasteiger partial charge is 0.477 e. The summed E-state index contributed by atoms with van der Waals surface area (Å²) in [6.45, 7) is 3.04. The number of ether oxygens (including phenoxy) is 1. The van der Waals surface area contributed by atoms with Crippen LogP contribution in [0.25, 0.3) is 0 Å². The number of carboxylic acid groups (broad SMARTS) is 1. The van der Waals surface area contributed by atoms with Crippen LogP contribution in [0.15, 0.2) is 71.0 Å². The van der Waals surface area contributed by atoms with E-state index >= 15 is 0 Å². The summed E-state index contributed by atoms with van der Waals surface area (Å²) >= 11 is 1.21. The monoisotopic (exact) mass is 634 g/mol. The summed E-state index contributed by atoms with van der Waals surface area (Å²) in [6, 6.07) is 12.0. The van der Waals surface area contributed by atoms with Gasteiger partial charge in [-0.15, -0.1) is 11.8 Å². The Morgan fingerprint density at radius 1 is 1.11 bits per heavy atom. The van der Waals surface area contributed by atoms with Crippen molar-refractivity contribution < 1.29 is 38.6 Å². The fourth-order valence-electron chi connectivity index (χ4n) is 5.07. The minimum absolute atomic E-state index is 0.0354. The van der Waals surface area contributed by atoms with Gasteiger partial charge in [-0.3, -0.25) is 19.3 Å². The third-order valence-electron chi connectivity index (χ3n) is 7.28. The van der Waals surface area contributed by atoms with Gasteiger partial charge in [0.1, 0.15) is 29.8 Å². The predicted octanol–water partition coefficient (Wildman–Crippen LogP) is 1.82. The topological polar surface area (TPSA) is 178 Å². The van der Waals surface area contributed by atoms with E-state index in [1.54, 1.807) is 30.3 Å². The van der Waals surface area contributed by atoms with Crippen LogP contribution in [0.2, 0.25) is 0 Å². The number of nitrogens with one attached hydrogen (secondary N) is 2. The maximum absolute atomic E-state index is 13.6. The number of imide groups is 1. The first kappa shape index (κ1) is 31.3. The maximum Gasteiger partial charge on any atom is 0.352 e. The van der Waals surface area contributed by atoms with E-state index in [0.29, 0.717) is 5.56 Å². The van der Waals surface area contributed by atoms with Gasteiger partial charge in [-0.05, 0) is 18.1 Å². The number of hydrogen-bond acceptors (Lipinski definition) is 9. The highest BCUT2D eigenvalue weighted by Crippen LogP contribution is 2.40. The molecule has 5 rings (SSSR count). The van der Waals surface area contributed by atoms with Crippen molar-refractivity contribution in [3.05, 3.63) is 82.6 Å². The average molecular weight is 635 g/mol. The van der Waals surface area contributed by atoms with Gasteiger partial charge < -0.3 is 20.5 Å². The molecule has 2 saturated heterocycles. The number of esters is 1. The number of β-lactam (4-membered cyclic amide) rings is 1. The number of hydrogen-bond donors (Lipinski definition) is 3. The molecule has 3 heterocycles. The van der Waals surface area contributed by atoms with E-state index in [9.17, 15) is 33.9 Å². The standard InChI is InChI=1S/C30H30N6O8S/c1-17-7-6-8-19(13-17)14-31-35-12-11-34(30(35)43)29(42)33-22(20-9-4-3-5-10-20)25(38)32-23-26(39)36-24(28(40)41)21(15-44-18(2)37)16-45-27(23)36/h3-10,13-14,22-23,27H,11-12,15-16H2,1-2H3,(H,32,38)(H,33,42)(H,40,41)/t22-,23?,27-/m1/s1. The van der Waals surface area contributed by atoms with Gasteiger partial charge in [-0.2, -0.15) is 5.10 Å². The molecule has 15 heteroatoms. The summed E-state index contributed by atoms with van der Waals surface area (Å²) < 4.78 is 4.95. The zero-order valence-electron chi connectivity index (χ0n) is 24.3. The Balaban J connectivity index is 1.27. The van der Waals surface area contributed by atoms with Gasteiger partial charge in [-0.25, -0.2) is 24.3 Å². The Morgan fingerprint density at radius 3 is 2.56 bits per heavy atom. The first-order chi connectivity index (χ1) is 21.5. The number of hydrazone groups is 1. The van der Waals surface area contributed by atoms with Gasteiger partial charge in [0, 0.05) is 18.2 Å². The normalized spacial score (nSPS) is 20.1. The second-order valence-corrected chi connectivity index (χ2v) is 11.5. The van der Waals surface area contributed by atoms with Gasteiger partial charge in [0.25, 0.3) is 5.91 Å². The molecule has 234 valence electrons. The molecule has 3 aliphatic rings. The maximum atomic E-state index is 13.6. The number of carbonyl (C=O) groups excluding carboxylic acids is 5. The van der Waals surface area contributed by atoms with Crippen molar-refractivity contribution in [2.24, 2.45) is 5.10 Å². The van der Waals surface area contributed by atoms with Crippen LogP contribution in [-0.2, 0) is 23.9 Å². The molecule has 0 aliphatic carbocycles. The molecule has 0 radical (unpaired) electrons. The van der Waals surface area contributed by atoms with E-state index in [2.05, 4.69) is 15.7 Å². The summed E-state index contributed by atoms with van der Waals surface area (Å²) in [4.78, 5) is 78.2. The zero-order chi connectivity index (χ0) is 32.2. The Hall–Kier alpha value is -5.18. The lowest BCUT2D eigenvalue weighted by Gasteiger charge is -2.49. The number of aliphatic carboxylic acids is 1. The van der Waals surface area contributed by atoms with Gasteiger partial charge in [0.2, 0.25) is 5.91 Å². The van der Waals surface area contributed by atoms with E-state index in [-0.39, 0.29) is 36.7 Å². The molecular formula is C30H30N6O8S. The molecule has 0 aromatic heterocycles. The number of fused-ring (bicyclic) bond motifs is 1. The van der Waals surface area contributed by atoms with Crippen LogP contribution in [-0.4, -0.2) is 98.8 Å². The number of amides is 6. The lowest BCUT2D eigenvalue weighted by Crippen LogP contribution is -2.71. The van der Waals surface area contributed by atoms with Crippen molar-refractivity contribution in [1.29, 1.82) is 0 Å². The third kappa shape index (κ3) is 6.67. The SMILES string of the molecule is CC(=O)OCC1=C(C(=O)O)N2C(=O)C(NC(=O)[C@H](NC(=O)N3CCN(N=Cc4cccc(C)c4)C3=O)c3ccccc3)[C@H]2SC1. The summed E-state index contributed by atoms with van der Waals surface area (Å²) in [7, 11) is 0. The second-order valence-electron chi connectivity index (χ2n) is 10.4. The molecule has 3 atom stereocenters. The van der Waals surface area contributed by atoms with E-state index in [1.807, 2.05) is 31.2 Å². The highest BCUT2D eigenvalue weighted by molar-refractivity contribution is 8.00. The average Bonchev–Trinajstić information content (AvgIpc) is 3.39. The van der Waals surface area contributed by atoms with Crippen LogP contribution in [0, 0.1) is 6.92 Å². The minimum atomic E-state index is -1.36. The Kier molecular flexibility index (Phi) is 9.18. The van der Waals surface area contributed by atoms with Crippen LogP contribution < -0.4 is 10.6 Å². The summed E-state index contributed by atoms with van der Waals surface area (Å²) in [6.07, 6.45) is 1.53. The molecule has 2 aromatic carbocycles. The van der Waals surface area contributed by atoms with Crippen LogP contribution in [0.5, 0.6) is 0 Å². The summed E-state index contributed by atoms with van der Waals surface area (Å²) in [5.74, 6) is -3.17. The lowest BCUT2D eigenvalue weighted by atomic mass is 10.0. The fourth-order valence-corrected chi connectivity index (χ4v) is 6.40. The van der Waals surface area contributed by atoms with Crippen molar-refractivity contribution in [2.45, 2.75) is 31.3 Å². The van der Waals surface area contributed by atoms with Crippen molar-refractivity contribution in [1.82, 2.24) is 25.4 Å². The molecule has 0 saturated carbocycles. The molecule has 0 spiro atoms. The molecule has 2 aromatic rings. The smallest absolute Gasteiger partial charge is 0.352 e. The fraction of sp³-hybridized carbons (Fsp3) is 0.300. The van der Waals surface area contributed by atoms with Crippen LogP contribution >= 0.6 is 11.8 Å². The zero-order valence-corrected chi connectivity index (χ0v) is 25.2. The van der Waals surface area contributed by atoms with E-state index in [0.717, 1.165) is 25.9 Å². The molecule has 14 nitrogen and oxygen atoms in total. The van der Waals surface area contributed by atoms with Crippen LogP contribution in [0.3, 0.4) is 0 Å². The summed E-state index contributed by atoms with van der Waals surface area (Å²) in [5, 5.41) is 19.7. The molecule has 45 heavy (non-hydrogen) atoms. The van der Waals surface area contributed by atoms with Gasteiger partial charge in [-0.1, -0.05) is 60.2 Å². The van der Waals surface area contributed by atoms with Crippen molar-refractivity contribution in [3.63, 3.8) is 0 Å². The van der Waals surface area contributed by atoms with Crippen LogP contribution in [0.1, 0.15) is 29.7 Å². The molecular weight excluding hydrogens is 604 g/mol. The predicted molar refractivity (Wildman–Crippen MR) is 162 cm³/mol. The number of carboxylic acids is 1. The first-order valence-electron chi connectivity index (χ1n) is 13.9. The number of thioether (sulfide) groups is 1. The highest BCUT2D eigenvalue weighted by atomic mass is 32.2. The first-order valence-corrected chi connectivity index (χ1v) is 15.0. The molecule has 3 aliphatic heterocycles. The van der Waals surface area contributed by atoms with Gasteiger partial charge in [0.15, 0.2) is 0 Å². The highest BCUT2D eigenvalue weighted by Gasteiger charge is 2.54. The van der Waals surface area contributed by atoms with E-state index in [1.165, 1.54) is 24.9 Å².